The minimum Gasteiger partial charge on any atom is -0.481 e. The lowest BCUT2D eigenvalue weighted by Gasteiger charge is -2.10. The Kier molecular flexibility index (Phi) is 7.01. The molecule has 0 unspecified atom stereocenters. The lowest BCUT2D eigenvalue weighted by atomic mass is 10.1. The standard InChI is InChI=1S/C19H26N2O4/c1-21(2)12-11-14-13-20-15-7-6-8-16(19(14)15)25-18(24)10-5-3-4-9-17(22)23/h6-8,13,20H,3-5,9-12H2,1-2H3,(H,22,23). The van der Waals surface area contributed by atoms with Crippen molar-refractivity contribution >= 4 is 22.8 Å². The molecule has 0 spiro atoms. The van der Waals surface area contributed by atoms with Crippen molar-refractivity contribution in [2.24, 2.45) is 0 Å². The number of esters is 1. The van der Waals surface area contributed by atoms with E-state index in [1.54, 1.807) is 0 Å². The lowest BCUT2D eigenvalue weighted by molar-refractivity contribution is -0.137. The summed E-state index contributed by atoms with van der Waals surface area (Å²) < 4.78 is 5.57. The number of aromatic amines is 1. The van der Waals surface area contributed by atoms with Gasteiger partial charge in [0.2, 0.25) is 0 Å². The van der Waals surface area contributed by atoms with Crippen LogP contribution in [0.15, 0.2) is 24.4 Å². The molecule has 0 amide bonds. The Morgan fingerprint density at radius 1 is 1.16 bits per heavy atom. The second-order valence-electron chi connectivity index (χ2n) is 6.47. The highest BCUT2D eigenvalue weighted by Crippen LogP contribution is 2.29. The summed E-state index contributed by atoms with van der Waals surface area (Å²) in [7, 11) is 4.06. The number of hydrogen-bond acceptors (Lipinski definition) is 4. The molecule has 2 N–H and O–H groups in total. The van der Waals surface area contributed by atoms with Crippen LogP contribution < -0.4 is 4.74 Å². The molecule has 0 aliphatic carbocycles. The van der Waals surface area contributed by atoms with Crippen molar-refractivity contribution in [1.29, 1.82) is 0 Å². The first-order chi connectivity index (χ1) is 12.0. The van der Waals surface area contributed by atoms with Crippen LogP contribution in [0.25, 0.3) is 10.9 Å². The van der Waals surface area contributed by atoms with E-state index in [4.69, 9.17) is 9.84 Å². The molecule has 2 rings (SSSR count). The number of aliphatic carboxylic acids is 1. The number of ether oxygens (including phenoxy) is 1. The summed E-state index contributed by atoms with van der Waals surface area (Å²) in [5.41, 5.74) is 2.09. The van der Waals surface area contributed by atoms with Crippen LogP contribution in [0.5, 0.6) is 5.75 Å². The van der Waals surface area contributed by atoms with Crippen LogP contribution >= 0.6 is 0 Å². The zero-order chi connectivity index (χ0) is 18.2. The molecule has 2 aromatic rings. The fourth-order valence-corrected chi connectivity index (χ4v) is 2.74. The van der Waals surface area contributed by atoms with Gasteiger partial charge in [-0.05, 0) is 51.1 Å². The van der Waals surface area contributed by atoms with Gasteiger partial charge in [-0.2, -0.15) is 0 Å². The first-order valence-electron chi connectivity index (χ1n) is 8.63. The summed E-state index contributed by atoms with van der Waals surface area (Å²) in [5.74, 6) is -0.488. The smallest absolute Gasteiger partial charge is 0.311 e. The van der Waals surface area contributed by atoms with Crippen molar-refractivity contribution in [2.75, 3.05) is 20.6 Å². The molecule has 1 aromatic carbocycles. The van der Waals surface area contributed by atoms with Gasteiger partial charge in [-0.3, -0.25) is 9.59 Å². The number of carbonyl (C=O) groups is 2. The fourth-order valence-electron chi connectivity index (χ4n) is 2.74. The topological polar surface area (TPSA) is 82.6 Å². The Morgan fingerprint density at radius 3 is 2.64 bits per heavy atom. The number of likely N-dealkylation sites (N-methyl/N-ethyl adjacent to an activating group) is 1. The third-order valence-corrected chi connectivity index (χ3v) is 4.07. The van der Waals surface area contributed by atoms with Gasteiger partial charge in [0, 0.05) is 36.5 Å². The van der Waals surface area contributed by atoms with Crippen molar-refractivity contribution < 1.29 is 19.4 Å². The van der Waals surface area contributed by atoms with Gasteiger partial charge >= 0.3 is 11.9 Å². The highest BCUT2D eigenvalue weighted by molar-refractivity contribution is 5.91. The van der Waals surface area contributed by atoms with Crippen molar-refractivity contribution in [2.45, 2.75) is 38.5 Å². The molecule has 0 saturated carbocycles. The van der Waals surface area contributed by atoms with E-state index in [2.05, 4.69) is 9.88 Å². The van der Waals surface area contributed by atoms with Gasteiger partial charge in [0.1, 0.15) is 5.75 Å². The van der Waals surface area contributed by atoms with E-state index in [-0.39, 0.29) is 12.4 Å². The molecule has 6 nitrogen and oxygen atoms in total. The molecule has 25 heavy (non-hydrogen) atoms. The van der Waals surface area contributed by atoms with Crippen LogP contribution in [0, 0.1) is 0 Å². The van der Waals surface area contributed by atoms with Gasteiger partial charge in [0.25, 0.3) is 0 Å². The molecule has 6 heteroatoms. The highest BCUT2D eigenvalue weighted by Gasteiger charge is 2.13. The van der Waals surface area contributed by atoms with Gasteiger partial charge < -0.3 is 19.7 Å². The zero-order valence-electron chi connectivity index (χ0n) is 14.9. The molecule has 0 radical (unpaired) electrons. The maximum atomic E-state index is 12.1. The third-order valence-electron chi connectivity index (χ3n) is 4.07. The van der Waals surface area contributed by atoms with Gasteiger partial charge in [0.15, 0.2) is 0 Å². The number of carboxylic acids is 1. The minimum atomic E-state index is -0.799. The summed E-state index contributed by atoms with van der Waals surface area (Å²) in [5, 5.41) is 9.57. The number of nitrogens with zero attached hydrogens (tertiary/aromatic N) is 1. The third kappa shape index (κ3) is 5.90. The Balaban J connectivity index is 1.96. The van der Waals surface area contributed by atoms with E-state index in [0.717, 1.165) is 29.4 Å². The molecular formula is C19H26N2O4. The Hall–Kier alpha value is -2.34. The summed E-state index contributed by atoms with van der Waals surface area (Å²) >= 11 is 0. The summed E-state index contributed by atoms with van der Waals surface area (Å²) in [4.78, 5) is 27.9. The molecule has 0 saturated heterocycles. The molecule has 0 bridgehead atoms. The van der Waals surface area contributed by atoms with Crippen LogP contribution in [0.2, 0.25) is 0 Å². The van der Waals surface area contributed by atoms with Gasteiger partial charge in [-0.15, -0.1) is 0 Å². The van der Waals surface area contributed by atoms with Crippen molar-refractivity contribution in [3.05, 3.63) is 30.0 Å². The van der Waals surface area contributed by atoms with Crippen molar-refractivity contribution in [3.63, 3.8) is 0 Å². The lowest BCUT2D eigenvalue weighted by Crippen LogP contribution is -2.15. The maximum absolute atomic E-state index is 12.1. The molecule has 0 aliphatic rings. The second kappa shape index (κ2) is 9.22. The van der Waals surface area contributed by atoms with E-state index >= 15 is 0 Å². The molecule has 0 fully saturated rings. The monoisotopic (exact) mass is 346 g/mol. The fraction of sp³-hybridized carbons (Fsp3) is 0.474. The zero-order valence-corrected chi connectivity index (χ0v) is 14.9. The predicted octanol–water partition coefficient (Wildman–Crippen LogP) is 3.21. The van der Waals surface area contributed by atoms with Gasteiger partial charge in [0.05, 0.1) is 0 Å². The number of aromatic nitrogens is 1. The average Bonchev–Trinajstić information content (AvgIpc) is 2.96. The predicted molar refractivity (Wildman–Crippen MR) is 96.9 cm³/mol. The number of unbranched alkanes of at least 4 members (excludes halogenated alkanes) is 2. The number of rotatable bonds is 10. The first kappa shape index (κ1) is 19.0. The van der Waals surface area contributed by atoms with Crippen LogP contribution in [-0.2, 0) is 16.0 Å². The number of carboxylic acid groups (broad SMARTS) is 1. The Labute approximate surface area is 147 Å². The maximum Gasteiger partial charge on any atom is 0.311 e. The SMILES string of the molecule is CN(C)CCc1c[nH]c2cccc(OC(=O)CCCCCC(=O)O)c12. The number of carbonyl (C=O) groups excluding carboxylic acids is 1. The molecule has 0 aliphatic heterocycles. The highest BCUT2D eigenvalue weighted by atomic mass is 16.5. The second-order valence-corrected chi connectivity index (χ2v) is 6.47. The normalized spacial score (nSPS) is 11.2. The van der Waals surface area contributed by atoms with Crippen LogP contribution in [0.1, 0.15) is 37.7 Å². The van der Waals surface area contributed by atoms with E-state index in [1.165, 1.54) is 0 Å². The molecule has 136 valence electrons. The number of benzene rings is 1. The van der Waals surface area contributed by atoms with E-state index in [1.807, 2.05) is 38.5 Å². The van der Waals surface area contributed by atoms with Gasteiger partial charge in [-0.25, -0.2) is 0 Å². The molecular weight excluding hydrogens is 320 g/mol. The first-order valence-corrected chi connectivity index (χ1v) is 8.63. The van der Waals surface area contributed by atoms with Crippen LogP contribution in [0.3, 0.4) is 0 Å². The molecule has 1 aromatic heterocycles. The van der Waals surface area contributed by atoms with E-state index in [9.17, 15) is 9.59 Å². The molecule has 1 heterocycles. The average molecular weight is 346 g/mol. The van der Waals surface area contributed by atoms with E-state index in [0.29, 0.717) is 31.4 Å². The van der Waals surface area contributed by atoms with Crippen molar-refractivity contribution in [3.8, 4) is 5.75 Å². The number of H-pyrrole nitrogens is 1. The quantitative estimate of drug-likeness (QED) is 0.392. The van der Waals surface area contributed by atoms with Crippen LogP contribution in [-0.4, -0.2) is 47.6 Å². The Bertz CT molecular complexity index is 721. The molecule has 0 atom stereocenters. The number of nitrogens with one attached hydrogen (secondary N) is 1. The van der Waals surface area contributed by atoms with Gasteiger partial charge in [-0.1, -0.05) is 12.5 Å². The van der Waals surface area contributed by atoms with E-state index < -0.39 is 5.97 Å². The Morgan fingerprint density at radius 2 is 1.92 bits per heavy atom. The minimum absolute atomic E-state index is 0.146. The number of hydrogen-bond donors (Lipinski definition) is 2. The number of fused-ring (bicyclic) bond motifs is 1. The van der Waals surface area contributed by atoms with Crippen molar-refractivity contribution in [1.82, 2.24) is 9.88 Å². The summed E-state index contributed by atoms with van der Waals surface area (Å²) in [6.07, 6.45) is 5.23. The van der Waals surface area contributed by atoms with Crippen LogP contribution in [0.4, 0.5) is 0 Å². The summed E-state index contributed by atoms with van der Waals surface area (Å²) in [6.45, 7) is 0.915. The summed E-state index contributed by atoms with van der Waals surface area (Å²) in [6, 6.07) is 5.65. The largest absolute Gasteiger partial charge is 0.481 e.